The summed E-state index contributed by atoms with van der Waals surface area (Å²) in [6.45, 7) is 3.50. The van der Waals surface area contributed by atoms with Crippen molar-refractivity contribution in [2.24, 2.45) is 0 Å². The van der Waals surface area contributed by atoms with Crippen LogP contribution in [0.3, 0.4) is 0 Å². The Hall–Kier alpha value is -2.03. The fourth-order valence-electron chi connectivity index (χ4n) is 1.59. The van der Waals surface area contributed by atoms with Crippen LogP contribution >= 0.6 is 0 Å². The monoisotopic (exact) mass is 229 g/mol. The number of ketones is 1. The summed E-state index contributed by atoms with van der Waals surface area (Å²) >= 11 is 0. The van der Waals surface area contributed by atoms with Crippen LogP contribution in [-0.4, -0.2) is 10.8 Å². The number of pyridine rings is 1. The number of aromatic nitrogens is 1. The average Bonchev–Trinajstić information content (AvgIpc) is 2.32. The molecular formula is C14H12FNO. The highest BCUT2D eigenvalue weighted by Crippen LogP contribution is 2.15. The molecule has 1 aromatic heterocycles. The normalized spacial score (nSPS) is 10.3. The number of carbonyl (C=O) groups excluding carboxylic acids is 1. The number of hydrogen-bond acceptors (Lipinski definition) is 2. The van der Waals surface area contributed by atoms with Crippen LogP contribution in [0.25, 0.3) is 0 Å². The maximum absolute atomic E-state index is 13.4. The van der Waals surface area contributed by atoms with Gasteiger partial charge in [-0.1, -0.05) is 12.1 Å². The summed E-state index contributed by atoms with van der Waals surface area (Å²) in [5.41, 5.74) is 2.23. The van der Waals surface area contributed by atoms with Gasteiger partial charge in [-0.15, -0.1) is 0 Å². The second-order valence-electron chi connectivity index (χ2n) is 3.98. The molecule has 0 unspecified atom stereocenters. The van der Waals surface area contributed by atoms with Crippen LogP contribution in [0.1, 0.15) is 27.0 Å². The Kier molecular flexibility index (Phi) is 3.00. The van der Waals surface area contributed by atoms with Crippen LogP contribution in [0.4, 0.5) is 4.39 Å². The second kappa shape index (κ2) is 4.45. The van der Waals surface area contributed by atoms with Gasteiger partial charge in [0.1, 0.15) is 5.82 Å². The van der Waals surface area contributed by atoms with E-state index in [9.17, 15) is 9.18 Å². The highest BCUT2D eigenvalue weighted by molar-refractivity contribution is 6.09. The van der Waals surface area contributed by atoms with E-state index in [1.807, 2.05) is 6.92 Å². The Labute approximate surface area is 99.1 Å². The van der Waals surface area contributed by atoms with E-state index in [0.717, 1.165) is 5.56 Å². The Balaban J connectivity index is 2.44. The van der Waals surface area contributed by atoms with Crippen LogP contribution in [0.5, 0.6) is 0 Å². The predicted octanol–water partition coefficient (Wildman–Crippen LogP) is 3.07. The van der Waals surface area contributed by atoms with Crippen LogP contribution < -0.4 is 0 Å². The lowest BCUT2D eigenvalue weighted by Gasteiger charge is -2.05. The van der Waals surface area contributed by atoms with Gasteiger partial charge in [0.15, 0.2) is 5.78 Å². The van der Waals surface area contributed by atoms with Crippen LogP contribution in [0.2, 0.25) is 0 Å². The van der Waals surface area contributed by atoms with E-state index in [2.05, 4.69) is 4.98 Å². The summed E-state index contributed by atoms with van der Waals surface area (Å²) in [5, 5.41) is 0. The molecule has 17 heavy (non-hydrogen) atoms. The maximum atomic E-state index is 13.4. The van der Waals surface area contributed by atoms with Gasteiger partial charge in [-0.05, 0) is 37.1 Å². The van der Waals surface area contributed by atoms with Crippen molar-refractivity contribution in [1.82, 2.24) is 4.98 Å². The molecule has 0 spiro atoms. The zero-order chi connectivity index (χ0) is 12.4. The molecule has 2 aromatic rings. The van der Waals surface area contributed by atoms with Crippen molar-refractivity contribution < 1.29 is 9.18 Å². The van der Waals surface area contributed by atoms with E-state index in [1.165, 1.54) is 12.3 Å². The van der Waals surface area contributed by atoms with Crippen molar-refractivity contribution in [2.45, 2.75) is 13.8 Å². The largest absolute Gasteiger partial charge is 0.289 e. The van der Waals surface area contributed by atoms with Gasteiger partial charge in [0.2, 0.25) is 0 Å². The van der Waals surface area contributed by atoms with Crippen molar-refractivity contribution >= 4 is 5.78 Å². The Morgan fingerprint density at radius 2 is 1.94 bits per heavy atom. The SMILES string of the molecule is Cc1ccc(C(=O)c2cnccc2C)cc1F. The molecule has 0 aliphatic heterocycles. The van der Waals surface area contributed by atoms with Crippen molar-refractivity contribution in [2.75, 3.05) is 0 Å². The number of aryl methyl sites for hydroxylation is 2. The number of halogens is 1. The molecule has 0 aliphatic carbocycles. The minimum absolute atomic E-state index is 0.200. The van der Waals surface area contributed by atoms with Gasteiger partial charge in [-0.3, -0.25) is 9.78 Å². The summed E-state index contributed by atoms with van der Waals surface area (Å²) in [4.78, 5) is 16.0. The number of hydrogen-bond donors (Lipinski definition) is 0. The zero-order valence-corrected chi connectivity index (χ0v) is 9.70. The average molecular weight is 229 g/mol. The van der Waals surface area contributed by atoms with Gasteiger partial charge in [-0.25, -0.2) is 4.39 Å². The van der Waals surface area contributed by atoms with Crippen LogP contribution in [0.15, 0.2) is 36.7 Å². The molecule has 0 bridgehead atoms. The summed E-state index contributed by atoms with van der Waals surface area (Å²) in [6, 6.07) is 6.27. The molecule has 0 saturated carbocycles. The van der Waals surface area contributed by atoms with Crippen molar-refractivity contribution in [3.8, 4) is 0 Å². The number of rotatable bonds is 2. The molecule has 1 heterocycles. The molecule has 86 valence electrons. The molecule has 0 atom stereocenters. The smallest absolute Gasteiger partial charge is 0.194 e. The van der Waals surface area contributed by atoms with Crippen molar-refractivity contribution in [3.05, 3.63) is 64.7 Å². The lowest BCUT2D eigenvalue weighted by Crippen LogP contribution is -2.05. The Morgan fingerprint density at radius 1 is 1.18 bits per heavy atom. The van der Waals surface area contributed by atoms with Crippen molar-refractivity contribution in [1.29, 1.82) is 0 Å². The number of benzene rings is 1. The molecule has 0 saturated heterocycles. The van der Waals surface area contributed by atoms with Crippen molar-refractivity contribution in [3.63, 3.8) is 0 Å². The van der Waals surface area contributed by atoms with Gasteiger partial charge in [0.25, 0.3) is 0 Å². The minimum Gasteiger partial charge on any atom is -0.289 e. The van der Waals surface area contributed by atoms with Gasteiger partial charge in [0.05, 0.1) is 0 Å². The van der Waals surface area contributed by atoms with E-state index in [-0.39, 0.29) is 11.6 Å². The van der Waals surface area contributed by atoms with E-state index in [0.29, 0.717) is 16.7 Å². The molecule has 2 rings (SSSR count). The molecule has 0 radical (unpaired) electrons. The molecular weight excluding hydrogens is 217 g/mol. The van der Waals surface area contributed by atoms with Gasteiger partial charge in [0, 0.05) is 23.5 Å². The van der Waals surface area contributed by atoms with Crippen LogP contribution in [-0.2, 0) is 0 Å². The standard InChI is InChI=1S/C14H12FNO/c1-9-5-6-16-8-12(9)14(17)11-4-3-10(2)13(15)7-11/h3-8H,1-2H3. The maximum Gasteiger partial charge on any atom is 0.194 e. The molecule has 0 fully saturated rings. The number of carbonyl (C=O) groups is 1. The predicted molar refractivity (Wildman–Crippen MR) is 63.5 cm³/mol. The minimum atomic E-state index is -0.364. The Bertz CT molecular complexity index is 578. The number of nitrogens with zero attached hydrogens (tertiary/aromatic N) is 1. The third-order valence-corrected chi connectivity index (χ3v) is 2.72. The van der Waals surface area contributed by atoms with Gasteiger partial charge < -0.3 is 0 Å². The van der Waals surface area contributed by atoms with Gasteiger partial charge in [-0.2, -0.15) is 0 Å². The Morgan fingerprint density at radius 3 is 2.59 bits per heavy atom. The van der Waals surface area contributed by atoms with Gasteiger partial charge >= 0.3 is 0 Å². The lowest BCUT2D eigenvalue weighted by atomic mass is 10.0. The molecule has 0 aliphatic rings. The highest BCUT2D eigenvalue weighted by atomic mass is 19.1. The molecule has 0 N–H and O–H groups in total. The van der Waals surface area contributed by atoms with E-state index < -0.39 is 0 Å². The quantitative estimate of drug-likeness (QED) is 0.741. The molecule has 2 nitrogen and oxygen atoms in total. The third kappa shape index (κ3) is 2.23. The van der Waals surface area contributed by atoms with E-state index in [4.69, 9.17) is 0 Å². The lowest BCUT2D eigenvalue weighted by molar-refractivity contribution is 0.103. The molecule has 3 heteroatoms. The fraction of sp³-hybridized carbons (Fsp3) is 0.143. The third-order valence-electron chi connectivity index (χ3n) is 2.72. The first kappa shape index (κ1) is 11.5. The van der Waals surface area contributed by atoms with E-state index >= 15 is 0 Å². The molecule has 0 amide bonds. The molecule has 1 aromatic carbocycles. The summed E-state index contributed by atoms with van der Waals surface area (Å²) < 4.78 is 13.4. The summed E-state index contributed by atoms with van der Waals surface area (Å²) in [6.07, 6.45) is 3.14. The topological polar surface area (TPSA) is 30.0 Å². The van der Waals surface area contributed by atoms with E-state index in [1.54, 1.807) is 31.3 Å². The zero-order valence-electron chi connectivity index (χ0n) is 9.70. The summed E-state index contributed by atoms with van der Waals surface area (Å²) in [7, 11) is 0. The highest BCUT2D eigenvalue weighted by Gasteiger charge is 2.12. The van der Waals surface area contributed by atoms with Crippen LogP contribution in [0, 0.1) is 19.7 Å². The first-order valence-electron chi connectivity index (χ1n) is 5.31. The second-order valence-corrected chi connectivity index (χ2v) is 3.98. The first-order chi connectivity index (χ1) is 8.09. The first-order valence-corrected chi connectivity index (χ1v) is 5.31. The summed E-state index contributed by atoms with van der Waals surface area (Å²) in [5.74, 6) is -0.563. The fourth-order valence-corrected chi connectivity index (χ4v) is 1.59.